The Morgan fingerprint density at radius 2 is 2.10 bits per heavy atom. The van der Waals surface area contributed by atoms with Crippen LogP contribution in [0.2, 0.25) is 0 Å². The molecule has 112 valence electrons. The molecule has 1 atom stereocenters. The van der Waals surface area contributed by atoms with E-state index in [1.807, 2.05) is 12.1 Å². The molecule has 0 aromatic heterocycles. The van der Waals surface area contributed by atoms with Gasteiger partial charge in [-0.05, 0) is 56.7 Å². The predicted molar refractivity (Wildman–Crippen MR) is 86.4 cm³/mol. The highest BCUT2D eigenvalue weighted by molar-refractivity contribution is 9.11. The van der Waals surface area contributed by atoms with E-state index >= 15 is 0 Å². The average molecular weight is 409 g/mol. The van der Waals surface area contributed by atoms with Crippen molar-refractivity contribution in [2.45, 2.75) is 18.9 Å². The Hall–Kier alpha value is -0.300. The molecule has 0 bridgehead atoms. The van der Waals surface area contributed by atoms with Crippen LogP contribution in [0.5, 0.6) is 5.75 Å². The Bertz CT molecular complexity index is 452. The van der Waals surface area contributed by atoms with Crippen LogP contribution in [0.4, 0.5) is 5.69 Å². The number of benzene rings is 1. The lowest BCUT2D eigenvalue weighted by Gasteiger charge is -2.15. The van der Waals surface area contributed by atoms with Gasteiger partial charge in [-0.15, -0.1) is 0 Å². The summed E-state index contributed by atoms with van der Waals surface area (Å²) in [5.41, 5.74) is 0.881. The van der Waals surface area contributed by atoms with Gasteiger partial charge < -0.3 is 19.9 Å². The van der Waals surface area contributed by atoms with E-state index in [9.17, 15) is 5.11 Å². The molecule has 1 aromatic rings. The molecule has 1 aromatic carbocycles. The van der Waals surface area contributed by atoms with E-state index in [2.05, 4.69) is 37.2 Å². The summed E-state index contributed by atoms with van der Waals surface area (Å²) < 4.78 is 12.5. The highest BCUT2D eigenvalue weighted by Crippen LogP contribution is 2.34. The number of ether oxygens (including phenoxy) is 2. The van der Waals surface area contributed by atoms with Gasteiger partial charge in [-0.1, -0.05) is 0 Å². The summed E-state index contributed by atoms with van der Waals surface area (Å²) >= 11 is 6.90. The van der Waals surface area contributed by atoms with Gasteiger partial charge in [0.2, 0.25) is 0 Å². The Morgan fingerprint density at radius 1 is 1.35 bits per heavy atom. The normalized spacial score (nSPS) is 16.0. The summed E-state index contributed by atoms with van der Waals surface area (Å²) in [5, 5.41) is 13.1. The number of methoxy groups -OCH3 is 1. The fraction of sp³-hybridized carbons (Fsp3) is 0.571. The smallest absolute Gasteiger partial charge is 0.135 e. The van der Waals surface area contributed by atoms with Crippen LogP contribution < -0.4 is 10.1 Å². The van der Waals surface area contributed by atoms with Crippen molar-refractivity contribution in [1.29, 1.82) is 0 Å². The lowest BCUT2D eigenvalue weighted by atomic mass is 10.3. The molecule has 0 radical (unpaired) electrons. The summed E-state index contributed by atoms with van der Waals surface area (Å²) in [6, 6.07) is 3.79. The van der Waals surface area contributed by atoms with Gasteiger partial charge >= 0.3 is 0 Å². The number of rotatable bonds is 8. The molecule has 0 heterocycles. The van der Waals surface area contributed by atoms with Gasteiger partial charge in [0.15, 0.2) is 0 Å². The highest BCUT2D eigenvalue weighted by Gasteiger charge is 2.21. The molecule has 4 nitrogen and oxygen atoms in total. The van der Waals surface area contributed by atoms with Gasteiger partial charge in [0, 0.05) is 23.7 Å². The minimum Gasteiger partial charge on any atom is -0.495 e. The zero-order valence-corrected chi connectivity index (χ0v) is 14.5. The molecule has 1 fully saturated rings. The number of aliphatic hydroxyl groups is 1. The molecule has 1 unspecified atom stereocenters. The second kappa shape index (κ2) is 7.64. The monoisotopic (exact) mass is 407 g/mol. The number of halogens is 2. The Labute approximate surface area is 136 Å². The molecule has 1 saturated carbocycles. The van der Waals surface area contributed by atoms with E-state index in [0.717, 1.165) is 32.9 Å². The van der Waals surface area contributed by atoms with Crippen LogP contribution in [0.25, 0.3) is 0 Å². The lowest BCUT2D eigenvalue weighted by molar-refractivity contribution is 0.0386. The second-order valence-electron chi connectivity index (χ2n) is 4.98. The van der Waals surface area contributed by atoms with E-state index < -0.39 is 6.10 Å². The van der Waals surface area contributed by atoms with Crippen LogP contribution in [-0.4, -0.2) is 38.1 Å². The molecular formula is C14H19Br2NO3. The van der Waals surface area contributed by atoms with Gasteiger partial charge in [-0.25, -0.2) is 0 Å². The van der Waals surface area contributed by atoms with Crippen molar-refractivity contribution in [3.05, 3.63) is 21.1 Å². The summed E-state index contributed by atoms with van der Waals surface area (Å²) in [6.07, 6.45) is 2.01. The minimum absolute atomic E-state index is 0.370. The van der Waals surface area contributed by atoms with Crippen LogP contribution in [-0.2, 0) is 4.74 Å². The van der Waals surface area contributed by atoms with E-state index in [0.29, 0.717) is 13.2 Å². The van der Waals surface area contributed by atoms with Gasteiger partial charge in [-0.3, -0.25) is 0 Å². The lowest BCUT2D eigenvalue weighted by Crippen LogP contribution is -2.25. The van der Waals surface area contributed by atoms with Crippen LogP contribution in [0.15, 0.2) is 21.1 Å². The average Bonchev–Trinajstić information content (AvgIpc) is 3.22. The van der Waals surface area contributed by atoms with E-state index in [1.54, 1.807) is 7.11 Å². The maximum Gasteiger partial charge on any atom is 0.135 e. The van der Waals surface area contributed by atoms with E-state index in [-0.39, 0.29) is 0 Å². The Balaban J connectivity index is 1.79. The van der Waals surface area contributed by atoms with Crippen molar-refractivity contribution in [2.75, 3.05) is 32.2 Å². The van der Waals surface area contributed by atoms with Crippen LogP contribution in [0.3, 0.4) is 0 Å². The summed E-state index contributed by atoms with van der Waals surface area (Å²) in [5.74, 6) is 1.47. The van der Waals surface area contributed by atoms with Crippen LogP contribution in [0, 0.1) is 5.92 Å². The fourth-order valence-corrected chi connectivity index (χ4v) is 3.06. The second-order valence-corrected chi connectivity index (χ2v) is 6.69. The summed E-state index contributed by atoms with van der Waals surface area (Å²) in [6.45, 7) is 1.58. The van der Waals surface area contributed by atoms with Crippen molar-refractivity contribution < 1.29 is 14.6 Å². The van der Waals surface area contributed by atoms with E-state index in [4.69, 9.17) is 9.47 Å². The molecule has 0 amide bonds. The molecule has 1 aliphatic carbocycles. The third kappa shape index (κ3) is 4.91. The fourth-order valence-electron chi connectivity index (χ4n) is 1.76. The minimum atomic E-state index is -0.518. The number of nitrogens with one attached hydrogen (secondary N) is 1. The molecule has 6 heteroatoms. The van der Waals surface area contributed by atoms with Gasteiger partial charge in [0.25, 0.3) is 0 Å². The third-order valence-electron chi connectivity index (χ3n) is 3.13. The maximum atomic E-state index is 9.87. The summed E-state index contributed by atoms with van der Waals surface area (Å²) in [4.78, 5) is 0. The molecule has 20 heavy (non-hydrogen) atoms. The molecule has 2 N–H and O–H groups in total. The molecule has 0 saturated heterocycles. The maximum absolute atomic E-state index is 9.87. The van der Waals surface area contributed by atoms with Gasteiger partial charge in [0.05, 0.1) is 30.0 Å². The van der Waals surface area contributed by atoms with Crippen molar-refractivity contribution >= 4 is 37.5 Å². The highest BCUT2D eigenvalue weighted by atomic mass is 79.9. The Kier molecular flexibility index (Phi) is 6.14. The first kappa shape index (κ1) is 16.1. The first-order valence-electron chi connectivity index (χ1n) is 6.63. The molecular weight excluding hydrogens is 390 g/mol. The first-order chi connectivity index (χ1) is 9.60. The number of anilines is 1. The molecule has 1 aliphatic rings. The first-order valence-corrected chi connectivity index (χ1v) is 8.21. The predicted octanol–water partition coefficient (Wildman–Crippen LogP) is 3.42. The van der Waals surface area contributed by atoms with Crippen LogP contribution in [0.1, 0.15) is 12.8 Å². The van der Waals surface area contributed by atoms with Crippen molar-refractivity contribution in [3.63, 3.8) is 0 Å². The third-order valence-corrected chi connectivity index (χ3v) is 4.41. The largest absolute Gasteiger partial charge is 0.495 e. The standard InChI is InChI=1S/C14H19Br2NO3/c1-19-14-5-13(11(15)4-12(14)16)17-6-10(18)8-20-7-9-2-3-9/h4-5,9-10,17-18H,2-3,6-8H2,1H3. The topological polar surface area (TPSA) is 50.7 Å². The zero-order valence-electron chi connectivity index (χ0n) is 11.4. The molecule has 0 aliphatic heterocycles. The quantitative estimate of drug-likeness (QED) is 0.691. The molecule has 2 rings (SSSR count). The summed E-state index contributed by atoms with van der Waals surface area (Å²) in [7, 11) is 1.62. The SMILES string of the molecule is COc1cc(NCC(O)COCC2CC2)c(Br)cc1Br. The van der Waals surface area contributed by atoms with Crippen molar-refractivity contribution in [2.24, 2.45) is 5.92 Å². The number of hydrogen-bond donors (Lipinski definition) is 2. The van der Waals surface area contributed by atoms with E-state index in [1.165, 1.54) is 12.8 Å². The molecule has 0 spiro atoms. The number of hydrogen-bond acceptors (Lipinski definition) is 4. The van der Waals surface area contributed by atoms with Gasteiger partial charge in [-0.2, -0.15) is 0 Å². The van der Waals surface area contributed by atoms with Crippen LogP contribution >= 0.6 is 31.9 Å². The van der Waals surface area contributed by atoms with Gasteiger partial charge in [0.1, 0.15) is 5.75 Å². The zero-order chi connectivity index (χ0) is 14.5. The van der Waals surface area contributed by atoms with Crippen molar-refractivity contribution in [3.8, 4) is 5.75 Å². The number of aliphatic hydroxyl groups excluding tert-OH is 1. The van der Waals surface area contributed by atoms with Crippen molar-refractivity contribution in [1.82, 2.24) is 0 Å². The Morgan fingerprint density at radius 3 is 2.75 bits per heavy atom.